The monoisotopic (exact) mass is 227 g/mol. The van der Waals surface area contributed by atoms with E-state index in [0.717, 1.165) is 13.1 Å². The van der Waals surface area contributed by atoms with Crippen molar-refractivity contribution in [1.29, 1.82) is 0 Å². The average Bonchev–Trinajstić information content (AvgIpc) is 2.78. The molecule has 1 rings (SSSR count). The van der Waals surface area contributed by atoms with E-state index >= 15 is 0 Å². The fourth-order valence-corrected chi connectivity index (χ4v) is 2.62. The Labute approximate surface area is 99.1 Å². The molecule has 3 nitrogen and oxygen atoms in total. The lowest BCUT2D eigenvalue weighted by molar-refractivity contribution is -0.152. The number of ether oxygens (including phenoxy) is 1. The molecule has 16 heavy (non-hydrogen) atoms. The maximum Gasteiger partial charge on any atom is 0.312 e. The molecule has 1 fully saturated rings. The van der Waals surface area contributed by atoms with E-state index in [1.807, 2.05) is 13.8 Å². The zero-order valence-corrected chi connectivity index (χ0v) is 11.1. The molecule has 0 amide bonds. The lowest BCUT2D eigenvalue weighted by Gasteiger charge is -2.34. The molecule has 0 aromatic rings. The summed E-state index contributed by atoms with van der Waals surface area (Å²) in [7, 11) is 1.47. The van der Waals surface area contributed by atoms with Gasteiger partial charge in [-0.2, -0.15) is 0 Å². The quantitative estimate of drug-likeness (QED) is 0.676. The fraction of sp³-hybridized carbons (Fsp3) is 0.923. The van der Waals surface area contributed by atoms with E-state index in [9.17, 15) is 4.79 Å². The molecule has 0 aromatic heterocycles. The standard InChI is InChI=1S/C13H25NO2/c1-5-14(11-8-6-7-9-11)10-13(2,3)12(15)16-4/h11H,5-10H2,1-4H3. The molecule has 1 aliphatic rings. The Hall–Kier alpha value is -0.570. The lowest BCUT2D eigenvalue weighted by atomic mass is 9.92. The number of carbonyl (C=O) groups excluding carboxylic acids is 1. The van der Waals surface area contributed by atoms with Gasteiger partial charge >= 0.3 is 5.97 Å². The molecule has 0 N–H and O–H groups in total. The number of methoxy groups -OCH3 is 1. The summed E-state index contributed by atoms with van der Waals surface area (Å²) >= 11 is 0. The first-order valence-corrected chi connectivity index (χ1v) is 6.33. The van der Waals surface area contributed by atoms with Gasteiger partial charge in [0.15, 0.2) is 0 Å². The predicted molar refractivity (Wildman–Crippen MR) is 65.3 cm³/mol. The lowest BCUT2D eigenvalue weighted by Crippen LogP contribution is -2.44. The number of esters is 1. The van der Waals surface area contributed by atoms with Crippen LogP contribution >= 0.6 is 0 Å². The van der Waals surface area contributed by atoms with E-state index in [1.54, 1.807) is 0 Å². The molecule has 94 valence electrons. The third kappa shape index (κ3) is 3.21. The highest BCUT2D eigenvalue weighted by Crippen LogP contribution is 2.27. The van der Waals surface area contributed by atoms with Crippen molar-refractivity contribution in [3.8, 4) is 0 Å². The van der Waals surface area contributed by atoms with E-state index < -0.39 is 5.41 Å². The number of carbonyl (C=O) groups is 1. The van der Waals surface area contributed by atoms with Crippen LogP contribution in [0.3, 0.4) is 0 Å². The first-order valence-electron chi connectivity index (χ1n) is 6.33. The molecule has 0 aromatic carbocycles. The summed E-state index contributed by atoms with van der Waals surface area (Å²) < 4.78 is 4.86. The Bertz CT molecular complexity index is 232. The third-order valence-corrected chi connectivity index (χ3v) is 3.58. The highest BCUT2D eigenvalue weighted by Gasteiger charge is 2.33. The van der Waals surface area contributed by atoms with Crippen LogP contribution in [0.2, 0.25) is 0 Å². The Morgan fingerprint density at radius 1 is 1.38 bits per heavy atom. The highest BCUT2D eigenvalue weighted by molar-refractivity contribution is 5.76. The van der Waals surface area contributed by atoms with Crippen LogP contribution in [-0.2, 0) is 9.53 Å². The second-order valence-corrected chi connectivity index (χ2v) is 5.38. The topological polar surface area (TPSA) is 29.5 Å². The van der Waals surface area contributed by atoms with Gasteiger partial charge in [0.05, 0.1) is 12.5 Å². The summed E-state index contributed by atoms with van der Waals surface area (Å²) in [6, 6.07) is 0.675. The van der Waals surface area contributed by atoms with Gasteiger partial charge in [-0.05, 0) is 33.2 Å². The van der Waals surface area contributed by atoms with Crippen LogP contribution in [0.4, 0.5) is 0 Å². The van der Waals surface area contributed by atoms with E-state index in [4.69, 9.17) is 4.74 Å². The van der Waals surface area contributed by atoms with Crippen molar-refractivity contribution in [2.75, 3.05) is 20.2 Å². The molecule has 0 heterocycles. The van der Waals surface area contributed by atoms with Crippen LogP contribution in [0.15, 0.2) is 0 Å². The first-order chi connectivity index (χ1) is 7.51. The van der Waals surface area contributed by atoms with Crippen molar-refractivity contribution in [2.45, 2.75) is 52.5 Å². The van der Waals surface area contributed by atoms with E-state index in [1.165, 1.54) is 32.8 Å². The minimum absolute atomic E-state index is 0.107. The van der Waals surface area contributed by atoms with Gasteiger partial charge in [-0.25, -0.2) is 0 Å². The second-order valence-electron chi connectivity index (χ2n) is 5.38. The summed E-state index contributed by atoms with van der Waals surface area (Å²) in [5, 5.41) is 0. The summed E-state index contributed by atoms with van der Waals surface area (Å²) in [6.07, 6.45) is 5.23. The van der Waals surface area contributed by atoms with Crippen molar-refractivity contribution in [3.63, 3.8) is 0 Å². The van der Waals surface area contributed by atoms with E-state index in [0.29, 0.717) is 6.04 Å². The predicted octanol–water partition coefficient (Wildman–Crippen LogP) is 2.45. The minimum Gasteiger partial charge on any atom is -0.469 e. The van der Waals surface area contributed by atoms with Crippen molar-refractivity contribution in [3.05, 3.63) is 0 Å². The van der Waals surface area contributed by atoms with Crippen molar-refractivity contribution in [2.24, 2.45) is 5.41 Å². The van der Waals surface area contributed by atoms with Crippen LogP contribution in [0.25, 0.3) is 0 Å². The van der Waals surface area contributed by atoms with Gasteiger partial charge in [-0.15, -0.1) is 0 Å². The van der Waals surface area contributed by atoms with Crippen LogP contribution in [0.1, 0.15) is 46.5 Å². The van der Waals surface area contributed by atoms with Crippen LogP contribution in [0, 0.1) is 5.41 Å². The van der Waals surface area contributed by atoms with Crippen molar-refractivity contribution < 1.29 is 9.53 Å². The van der Waals surface area contributed by atoms with Gasteiger partial charge in [0.2, 0.25) is 0 Å². The summed E-state index contributed by atoms with van der Waals surface area (Å²) in [5.41, 5.74) is -0.395. The van der Waals surface area contributed by atoms with Crippen LogP contribution in [-0.4, -0.2) is 37.1 Å². The Kier molecular flexibility index (Phi) is 4.78. The first kappa shape index (κ1) is 13.5. The van der Waals surface area contributed by atoms with Crippen LogP contribution < -0.4 is 0 Å². The van der Waals surface area contributed by atoms with E-state index in [2.05, 4.69) is 11.8 Å². The molecule has 0 radical (unpaired) electrons. The van der Waals surface area contributed by atoms with Crippen LogP contribution in [0.5, 0.6) is 0 Å². The van der Waals surface area contributed by atoms with Gasteiger partial charge in [-0.1, -0.05) is 19.8 Å². The van der Waals surface area contributed by atoms with Gasteiger partial charge in [0.1, 0.15) is 0 Å². The molecule has 1 aliphatic carbocycles. The zero-order valence-electron chi connectivity index (χ0n) is 11.1. The zero-order chi connectivity index (χ0) is 12.2. The maximum absolute atomic E-state index is 11.7. The third-order valence-electron chi connectivity index (χ3n) is 3.58. The average molecular weight is 227 g/mol. The van der Waals surface area contributed by atoms with Gasteiger partial charge in [0.25, 0.3) is 0 Å². The summed E-state index contributed by atoms with van der Waals surface area (Å²) in [6.45, 7) is 7.94. The normalized spacial score (nSPS) is 18.1. The van der Waals surface area contributed by atoms with Crippen molar-refractivity contribution in [1.82, 2.24) is 4.90 Å². The smallest absolute Gasteiger partial charge is 0.312 e. The second kappa shape index (κ2) is 5.67. The molecule has 0 atom stereocenters. The number of rotatable bonds is 5. The van der Waals surface area contributed by atoms with Gasteiger partial charge < -0.3 is 4.74 Å². The number of hydrogen-bond acceptors (Lipinski definition) is 3. The molecular weight excluding hydrogens is 202 g/mol. The Morgan fingerprint density at radius 2 is 1.94 bits per heavy atom. The van der Waals surface area contributed by atoms with Gasteiger partial charge in [-0.3, -0.25) is 9.69 Å². The number of hydrogen-bond donors (Lipinski definition) is 0. The molecular formula is C13H25NO2. The highest BCUT2D eigenvalue weighted by atomic mass is 16.5. The summed E-state index contributed by atoms with van der Waals surface area (Å²) in [4.78, 5) is 14.1. The fourth-order valence-electron chi connectivity index (χ4n) is 2.62. The van der Waals surface area contributed by atoms with Crippen molar-refractivity contribution >= 4 is 5.97 Å². The molecule has 0 saturated heterocycles. The largest absolute Gasteiger partial charge is 0.469 e. The molecule has 0 bridgehead atoms. The minimum atomic E-state index is -0.395. The Balaban J connectivity index is 2.57. The summed E-state index contributed by atoms with van der Waals surface area (Å²) in [5.74, 6) is -0.107. The van der Waals surface area contributed by atoms with Gasteiger partial charge in [0, 0.05) is 12.6 Å². The maximum atomic E-state index is 11.7. The van der Waals surface area contributed by atoms with E-state index in [-0.39, 0.29) is 5.97 Å². The molecule has 0 spiro atoms. The molecule has 0 aliphatic heterocycles. The molecule has 0 unspecified atom stereocenters. The SMILES string of the molecule is CCN(CC(C)(C)C(=O)OC)C1CCCC1. The molecule has 1 saturated carbocycles. The Morgan fingerprint density at radius 3 is 2.38 bits per heavy atom. The number of nitrogens with zero attached hydrogens (tertiary/aromatic N) is 1. The molecule has 3 heteroatoms.